The summed E-state index contributed by atoms with van der Waals surface area (Å²) in [7, 11) is 0. The second kappa shape index (κ2) is 25.3. The van der Waals surface area contributed by atoms with Crippen molar-refractivity contribution in [1.29, 1.82) is 0 Å². The summed E-state index contributed by atoms with van der Waals surface area (Å²) in [5.41, 5.74) is -3.08. The van der Waals surface area contributed by atoms with Crippen molar-refractivity contribution >= 4 is 23.9 Å². The van der Waals surface area contributed by atoms with E-state index in [1.807, 2.05) is 24.3 Å². The number of esters is 2. The number of rotatable bonds is 27. The molecule has 2 aliphatic carbocycles. The van der Waals surface area contributed by atoms with Crippen molar-refractivity contribution in [2.24, 2.45) is 23.7 Å². The van der Waals surface area contributed by atoms with Crippen LogP contribution in [0.15, 0.2) is 48.5 Å². The van der Waals surface area contributed by atoms with Gasteiger partial charge in [-0.15, -0.1) is 0 Å². The normalized spacial score (nSPS) is 21.3. The number of carboxylic acids is 2. The molecular weight excluding hydrogens is 753 g/mol. The minimum absolute atomic E-state index is 0.0935. The molecule has 4 rings (SSSR count). The third-order valence-electron chi connectivity index (χ3n) is 14.3. The molecule has 2 aromatic rings. The average Bonchev–Trinajstić information content (AvgIpc) is 3.26. The molecular formula is C52H78O8. The van der Waals surface area contributed by atoms with Crippen LogP contribution in [0.25, 0.3) is 0 Å². The Labute approximate surface area is 362 Å². The van der Waals surface area contributed by atoms with E-state index in [4.69, 9.17) is 9.47 Å². The van der Waals surface area contributed by atoms with Crippen LogP contribution in [0.3, 0.4) is 0 Å². The summed E-state index contributed by atoms with van der Waals surface area (Å²) in [5, 5.41) is 21.2. The maximum Gasteiger partial charge on any atom is 0.353 e. The van der Waals surface area contributed by atoms with Gasteiger partial charge in [0.1, 0.15) is 0 Å². The van der Waals surface area contributed by atoms with Gasteiger partial charge >= 0.3 is 23.9 Å². The summed E-state index contributed by atoms with van der Waals surface area (Å²) in [6, 6.07) is 13.7. The Morgan fingerprint density at radius 2 is 0.750 bits per heavy atom. The van der Waals surface area contributed by atoms with Crippen LogP contribution < -0.4 is 0 Å². The molecule has 2 saturated carbocycles. The Hall–Kier alpha value is -3.68. The first-order chi connectivity index (χ1) is 29.0. The van der Waals surface area contributed by atoms with E-state index >= 15 is 0 Å². The lowest BCUT2D eigenvalue weighted by Gasteiger charge is -2.42. The number of hydrogen-bond acceptors (Lipinski definition) is 6. The van der Waals surface area contributed by atoms with Gasteiger partial charge < -0.3 is 19.7 Å². The zero-order chi connectivity index (χ0) is 43.4. The molecule has 0 bridgehead atoms. The van der Waals surface area contributed by atoms with E-state index in [2.05, 4.69) is 13.8 Å². The first kappa shape index (κ1) is 49.0. The fourth-order valence-corrected chi connectivity index (χ4v) is 10.2. The molecule has 8 nitrogen and oxygen atoms in total. The van der Waals surface area contributed by atoms with Crippen molar-refractivity contribution in [3.63, 3.8) is 0 Å². The highest BCUT2D eigenvalue weighted by Gasteiger charge is 2.66. The van der Waals surface area contributed by atoms with Gasteiger partial charge in [-0.25, -0.2) is 19.2 Å². The van der Waals surface area contributed by atoms with E-state index in [0.29, 0.717) is 0 Å². The molecule has 0 radical (unpaired) electrons. The largest absolute Gasteiger partial charge is 0.478 e. The lowest BCUT2D eigenvalue weighted by Crippen LogP contribution is -2.67. The summed E-state index contributed by atoms with van der Waals surface area (Å²) in [5.74, 6) is -1.92. The van der Waals surface area contributed by atoms with E-state index in [1.54, 1.807) is 24.3 Å². The van der Waals surface area contributed by atoms with Gasteiger partial charge in [0.25, 0.3) is 11.2 Å². The molecule has 60 heavy (non-hydrogen) atoms. The zero-order valence-corrected chi connectivity index (χ0v) is 37.7. The number of aryl methyl sites for hydroxylation is 2. The van der Waals surface area contributed by atoms with Crippen molar-refractivity contribution in [2.75, 3.05) is 0 Å². The highest BCUT2D eigenvalue weighted by atomic mass is 16.6. The quantitative estimate of drug-likeness (QED) is 0.0673. The SMILES string of the molecule is CCCCC[C@H]1CC[C@H](CCCCc2ccc(C(=O)O[C@@](CC)(C(=O)O)[C@@](CC)(OC(=O)c3ccc(CCCC[C@H]4CC[C@H](CCCCC)CC4)cc3)C(=O)O)cc2)CC1. The monoisotopic (exact) mass is 831 g/mol. The van der Waals surface area contributed by atoms with E-state index in [1.165, 1.54) is 129 Å². The molecule has 2 fully saturated rings. The molecule has 2 aliphatic rings. The second-order valence-electron chi connectivity index (χ2n) is 18.4. The summed E-state index contributed by atoms with van der Waals surface area (Å²) < 4.78 is 11.4. The van der Waals surface area contributed by atoms with E-state index < -0.39 is 47.9 Å². The van der Waals surface area contributed by atoms with E-state index in [9.17, 15) is 29.4 Å². The van der Waals surface area contributed by atoms with Gasteiger partial charge in [0.05, 0.1) is 11.1 Å². The molecule has 334 valence electrons. The molecule has 2 aromatic carbocycles. The molecule has 0 amide bonds. The van der Waals surface area contributed by atoms with Crippen LogP contribution in [0, 0.1) is 23.7 Å². The van der Waals surface area contributed by atoms with E-state index in [0.717, 1.165) is 73.3 Å². The third-order valence-corrected chi connectivity index (χ3v) is 14.3. The predicted molar refractivity (Wildman–Crippen MR) is 239 cm³/mol. The fraction of sp³-hybridized carbons (Fsp3) is 0.692. The number of ether oxygens (including phenoxy) is 2. The van der Waals surface area contributed by atoms with Gasteiger partial charge in [0.15, 0.2) is 0 Å². The molecule has 0 unspecified atom stereocenters. The number of carbonyl (C=O) groups excluding carboxylic acids is 2. The van der Waals surface area contributed by atoms with Crippen LogP contribution in [-0.2, 0) is 31.9 Å². The summed E-state index contributed by atoms with van der Waals surface area (Å²) in [6.45, 7) is 7.36. The Balaban J connectivity index is 1.28. The Kier molecular flexibility index (Phi) is 20.7. The average molecular weight is 831 g/mol. The Bertz CT molecular complexity index is 1470. The number of unbranched alkanes of at least 4 members (excludes halogenated alkanes) is 6. The molecule has 0 spiro atoms. The summed E-state index contributed by atoms with van der Waals surface area (Å²) in [4.78, 5) is 53.2. The lowest BCUT2D eigenvalue weighted by atomic mass is 9.77. The highest BCUT2D eigenvalue weighted by molar-refractivity contribution is 5.99. The fourth-order valence-electron chi connectivity index (χ4n) is 10.2. The first-order valence-electron chi connectivity index (χ1n) is 24.1. The van der Waals surface area contributed by atoms with Crippen molar-refractivity contribution in [2.45, 2.75) is 206 Å². The molecule has 8 heteroatoms. The predicted octanol–water partition coefficient (Wildman–Crippen LogP) is 13.4. The van der Waals surface area contributed by atoms with Crippen molar-refractivity contribution in [3.8, 4) is 0 Å². The number of aliphatic carboxylic acids is 2. The van der Waals surface area contributed by atoms with Crippen molar-refractivity contribution in [3.05, 3.63) is 70.8 Å². The summed E-state index contributed by atoms with van der Waals surface area (Å²) in [6.07, 6.45) is 29.4. The summed E-state index contributed by atoms with van der Waals surface area (Å²) >= 11 is 0. The van der Waals surface area contributed by atoms with Crippen LogP contribution in [0.5, 0.6) is 0 Å². The topological polar surface area (TPSA) is 127 Å². The standard InChI is InChI=1S/C52H78O8/c1-5-9-11-17-39-23-27-41(28-24-39)19-13-15-21-43-31-35-45(36-32-43)47(53)59-51(7-3,49(55)56)52(8-4,50(57)58)60-48(54)46-37-33-44(34-38-46)22-16-14-20-42-29-25-40(26-30-42)18-12-10-6-2/h31-42H,5-30H2,1-4H3,(H,55,56)(H,57,58)/t39-,40-,41-,42-,51-,52-/m0/s1. The van der Waals surface area contributed by atoms with Crippen LogP contribution >= 0.6 is 0 Å². The maximum atomic E-state index is 13.6. The van der Waals surface area contributed by atoms with Gasteiger partial charge in [0, 0.05) is 12.8 Å². The van der Waals surface area contributed by atoms with Crippen molar-refractivity contribution in [1.82, 2.24) is 0 Å². The highest BCUT2D eigenvalue weighted by Crippen LogP contribution is 2.40. The van der Waals surface area contributed by atoms with Crippen LogP contribution in [0.1, 0.15) is 214 Å². The van der Waals surface area contributed by atoms with Gasteiger partial charge in [0.2, 0.25) is 0 Å². The molecule has 0 saturated heterocycles. The van der Waals surface area contributed by atoms with Gasteiger partial charge in [-0.05, 0) is 84.7 Å². The number of carboxylic acid groups (broad SMARTS) is 2. The van der Waals surface area contributed by atoms with Crippen LogP contribution in [-0.4, -0.2) is 45.3 Å². The lowest BCUT2D eigenvalue weighted by molar-refractivity contribution is -0.209. The zero-order valence-electron chi connectivity index (χ0n) is 37.7. The molecule has 0 heterocycles. The first-order valence-corrected chi connectivity index (χ1v) is 24.1. The van der Waals surface area contributed by atoms with Crippen LogP contribution in [0.4, 0.5) is 0 Å². The third kappa shape index (κ3) is 13.9. The molecule has 2 N–H and O–H groups in total. The Morgan fingerprint density at radius 1 is 0.467 bits per heavy atom. The van der Waals surface area contributed by atoms with Gasteiger partial charge in [-0.3, -0.25) is 0 Å². The molecule has 2 atom stereocenters. The van der Waals surface area contributed by atoms with Crippen LogP contribution in [0.2, 0.25) is 0 Å². The van der Waals surface area contributed by atoms with E-state index in [-0.39, 0.29) is 11.1 Å². The Morgan fingerprint density at radius 3 is 1.00 bits per heavy atom. The maximum absolute atomic E-state index is 13.6. The van der Waals surface area contributed by atoms with Gasteiger partial charge in [-0.1, -0.05) is 180 Å². The minimum Gasteiger partial charge on any atom is -0.478 e. The van der Waals surface area contributed by atoms with Crippen molar-refractivity contribution < 1.29 is 38.9 Å². The second-order valence-corrected chi connectivity index (χ2v) is 18.4. The van der Waals surface area contributed by atoms with Gasteiger partial charge in [-0.2, -0.15) is 0 Å². The molecule has 0 aromatic heterocycles. The minimum atomic E-state index is -2.69. The number of benzene rings is 2. The molecule has 0 aliphatic heterocycles. The number of hydrogen-bond donors (Lipinski definition) is 2. The number of carbonyl (C=O) groups is 4. The smallest absolute Gasteiger partial charge is 0.353 e.